The zero-order valence-electron chi connectivity index (χ0n) is 12.8. The fourth-order valence-corrected chi connectivity index (χ4v) is 2.97. The van der Waals surface area contributed by atoms with Crippen LogP contribution in [0.1, 0.15) is 11.5 Å². The van der Waals surface area contributed by atoms with Crippen LogP contribution in [0.25, 0.3) is 22.5 Å². The Balaban J connectivity index is 2.18. The molecule has 2 heterocycles. The van der Waals surface area contributed by atoms with Crippen molar-refractivity contribution in [1.29, 1.82) is 0 Å². The van der Waals surface area contributed by atoms with E-state index in [9.17, 15) is 12.8 Å². The highest BCUT2D eigenvalue weighted by Crippen LogP contribution is 2.34. The molecule has 1 N–H and O–H groups in total. The van der Waals surface area contributed by atoms with Gasteiger partial charge in [-0.15, -0.1) is 0 Å². The molecule has 0 saturated carbocycles. The van der Waals surface area contributed by atoms with Crippen molar-refractivity contribution in [2.75, 3.05) is 0 Å². The topological polar surface area (TPSA) is 93.3 Å². The molecule has 3 aromatic rings. The normalized spacial score (nSPS) is 11.7. The van der Waals surface area contributed by atoms with Gasteiger partial charge in [0.2, 0.25) is 0 Å². The molecule has 0 unspecified atom stereocenters. The monoisotopic (exact) mass is 348 g/mol. The second-order valence-corrected chi connectivity index (χ2v) is 6.64. The Morgan fingerprint density at radius 2 is 1.92 bits per heavy atom. The highest BCUT2D eigenvalue weighted by atomic mass is 32.2. The number of halogens is 1. The van der Waals surface area contributed by atoms with Crippen molar-refractivity contribution in [2.24, 2.45) is 0 Å². The van der Waals surface area contributed by atoms with Gasteiger partial charge >= 0.3 is 0 Å². The summed E-state index contributed by atoms with van der Waals surface area (Å²) in [6.07, 6.45) is 0. The van der Waals surface area contributed by atoms with E-state index in [2.05, 4.69) is 10.1 Å². The molecule has 2 aromatic heterocycles. The van der Waals surface area contributed by atoms with E-state index in [0.717, 1.165) is 17.8 Å². The Hall–Kier alpha value is -2.58. The van der Waals surface area contributed by atoms with Gasteiger partial charge in [-0.3, -0.25) is 9.54 Å². The predicted octanol–water partition coefficient (Wildman–Crippen LogP) is 3.41. The lowest BCUT2D eigenvalue weighted by Crippen LogP contribution is -2.01. The number of aryl methyl sites for hydroxylation is 2. The summed E-state index contributed by atoms with van der Waals surface area (Å²) in [4.78, 5) is 3.59. The summed E-state index contributed by atoms with van der Waals surface area (Å²) in [5.74, 6) is -0.619. The van der Waals surface area contributed by atoms with Crippen LogP contribution in [-0.4, -0.2) is 23.1 Å². The largest absolute Gasteiger partial charge is 0.360 e. The van der Waals surface area contributed by atoms with Crippen LogP contribution in [0.3, 0.4) is 0 Å². The van der Waals surface area contributed by atoms with Crippen LogP contribution in [0.15, 0.2) is 45.8 Å². The average molecular weight is 348 g/mol. The number of aromatic nitrogens is 2. The van der Waals surface area contributed by atoms with Gasteiger partial charge in [0.15, 0.2) is 0 Å². The maximum Gasteiger partial charge on any atom is 0.297 e. The van der Waals surface area contributed by atoms with Crippen molar-refractivity contribution in [1.82, 2.24) is 10.1 Å². The third kappa shape index (κ3) is 2.93. The molecule has 0 amide bonds. The van der Waals surface area contributed by atoms with Crippen molar-refractivity contribution in [3.8, 4) is 22.5 Å². The Kier molecular flexibility index (Phi) is 3.94. The summed E-state index contributed by atoms with van der Waals surface area (Å²) in [6, 6.07) is 8.79. The van der Waals surface area contributed by atoms with Crippen molar-refractivity contribution >= 4 is 10.1 Å². The molecule has 6 nitrogen and oxygen atoms in total. The Morgan fingerprint density at radius 3 is 2.54 bits per heavy atom. The van der Waals surface area contributed by atoms with Gasteiger partial charge < -0.3 is 4.52 Å². The van der Waals surface area contributed by atoms with Crippen LogP contribution < -0.4 is 0 Å². The standard InChI is InChI=1S/C16H13FN2O4S/c1-9-4-3-5-13(18-9)16-15(10(2)23-19-16)11-6-7-14(12(17)8-11)24(20,21)22/h3-8H,1-2H3,(H,20,21,22). The van der Waals surface area contributed by atoms with E-state index in [1.54, 1.807) is 13.0 Å². The molecule has 0 fully saturated rings. The second kappa shape index (κ2) is 5.81. The third-order valence-corrected chi connectivity index (χ3v) is 4.38. The van der Waals surface area contributed by atoms with Gasteiger partial charge in [0.1, 0.15) is 22.2 Å². The minimum absolute atomic E-state index is 0.372. The molecule has 124 valence electrons. The first-order valence-corrected chi connectivity index (χ1v) is 8.39. The fraction of sp³-hybridized carbons (Fsp3) is 0.125. The molecule has 1 aromatic carbocycles. The Morgan fingerprint density at radius 1 is 1.17 bits per heavy atom. The maximum absolute atomic E-state index is 14.1. The summed E-state index contributed by atoms with van der Waals surface area (Å²) in [5.41, 5.74) is 2.65. The van der Waals surface area contributed by atoms with E-state index >= 15 is 0 Å². The van der Waals surface area contributed by atoms with Crippen molar-refractivity contribution in [2.45, 2.75) is 18.7 Å². The van der Waals surface area contributed by atoms with Crippen LogP contribution in [0.5, 0.6) is 0 Å². The minimum Gasteiger partial charge on any atom is -0.360 e. The van der Waals surface area contributed by atoms with Crippen molar-refractivity contribution in [3.63, 3.8) is 0 Å². The summed E-state index contributed by atoms with van der Waals surface area (Å²) in [5, 5.41) is 3.98. The molecule has 0 atom stereocenters. The molecule has 0 aliphatic rings. The summed E-state index contributed by atoms with van der Waals surface area (Å²) in [7, 11) is -4.62. The van der Waals surface area contributed by atoms with E-state index in [1.165, 1.54) is 6.07 Å². The van der Waals surface area contributed by atoms with Gasteiger partial charge in [-0.25, -0.2) is 4.39 Å². The zero-order chi connectivity index (χ0) is 17.5. The van der Waals surface area contributed by atoms with Crippen molar-refractivity contribution < 1.29 is 21.9 Å². The number of rotatable bonds is 3. The molecule has 0 spiro atoms. The SMILES string of the molecule is Cc1cccc(-c2noc(C)c2-c2ccc(S(=O)(=O)O)c(F)c2)n1. The summed E-state index contributed by atoms with van der Waals surface area (Å²) < 4.78 is 50.5. The highest BCUT2D eigenvalue weighted by molar-refractivity contribution is 7.85. The average Bonchev–Trinajstić information content (AvgIpc) is 2.87. The van der Waals surface area contributed by atoms with Crippen LogP contribution in [0, 0.1) is 19.7 Å². The molecule has 0 aliphatic heterocycles. The number of benzene rings is 1. The van der Waals surface area contributed by atoms with E-state index in [4.69, 9.17) is 9.08 Å². The number of nitrogens with zero attached hydrogens (tertiary/aromatic N) is 2. The Labute approximate surface area is 137 Å². The number of hydrogen-bond acceptors (Lipinski definition) is 5. The lowest BCUT2D eigenvalue weighted by atomic mass is 10.0. The lowest BCUT2D eigenvalue weighted by molar-refractivity contribution is 0.400. The van der Waals surface area contributed by atoms with E-state index in [0.29, 0.717) is 28.3 Å². The van der Waals surface area contributed by atoms with E-state index < -0.39 is 20.8 Å². The first-order valence-electron chi connectivity index (χ1n) is 6.95. The third-order valence-electron chi connectivity index (χ3n) is 3.49. The molecule has 8 heteroatoms. The number of pyridine rings is 1. The van der Waals surface area contributed by atoms with Crippen LogP contribution in [0.2, 0.25) is 0 Å². The van der Waals surface area contributed by atoms with Gasteiger partial charge in [-0.2, -0.15) is 8.42 Å². The van der Waals surface area contributed by atoms with Crippen molar-refractivity contribution in [3.05, 3.63) is 53.7 Å². The van der Waals surface area contributed by atoms with Gasteiger partial charge in [-0.05, 0) is 43.7 Å². The molecule has 0 radical (unpaired) electrons. The second-order valence-electron chi connectivity index (χ2n) is 5.25. The predicted molar refractivity (Wildman–Crippen MR) is 84.4 cm³/mol. The van der Waals surface area contributed by atoms with Gasteiger partial charge in [-0.1, -0.05) is 17.3 Å². The van der Waals surface area contributed by atoms with E-state index in [-0.39, 0.29) is 0 Å². The molecular weight excluding hydrogens is 335 g/mol. The molecular formula is C16H13FN2O4S. The maximum atomic E-state index is 14.1. The first-order chi connectivity index (χ1) is 11.3. The highest BCUT2D eigenvalue weighted by Gasteiger charge is 2.21. The molecule has 0 saturated heterocycles. The quantitative estimate of drug-likeness (QED) is 0.729. The van der Waals surface area contributed by atoms with Crippen LogP contribution >= 0.6 is 0 Å². The molecule has 0 bridgehead atoms. The number of hydrogen-bond donors (Lipinski definition) is 1. The minimum atomic E-state index is -4.62. The first kappa shape index (κ1) is 16.3. The molecule has 0 aliphatic carbocycles. The summed E-state index contributed by atoms with van der Waals surface area (Å²) >= 11 is 0. The summed E-state index contributed by atoms with van der Waals surface area (Å²) in [6.45, 7) is 3.49. The molecule has 24 heavy (non-hydrogen) atoms. The van der Waals surface area contributed by atoms with E-state index in [1.807, 2.05) is 19.1 Å². The fourth-order valence-electron chi connectivity index (χ4n) is 2.43. The zero-order valence-corrected chi connectivity index (χ0v) is 13.6. The van der Waals surface area contributed by atoms with Crippen LogP contribution in [0.4, 0.5) is 4.39 Å². The lowest BCUT2D eigenvalue weighted by Gasteiger charge is -2.06. The molecule has 3 rings (SSSR count). The van der Waals surface area contributed by atoms with Crippen LogP contribution in [-0.2, 0) is 10.1 Å². The Bertz CT molecular complexity index is 1030. The van der Waals surface area contributed by atoms with Gasteiger partial charge in [0.25, 0.3) is 10.1 Å². The van der Waals surface area contributed by atoms with Gasteiger partial charge in [0, 0.05) is 5.69 Å². The smallest absolute Gasteiger partial charge is 0.297 e. The van der Waals surface area contributed by atoms with Gasteiger partial charge in [0.05, 0.1) is 11.3 Å².